The van der Waals surface area contributed by atoms with E-state index >= 15 is 0 Å². The molecule has 0 aliphatic carbocycles. The Bertz CT molecular complexity index is 65.7. The Morgan fingerprint density at radius 2 is 2.50 bits per heavy atom. The summed E-state index contributed by atoms with van der Waals surface area (Å²) in [5, 5.41) is 4.73. The molecule has 0 radical (unpaired) electrons. The largest absolute Gasteiger partial charge is 0.597 e. The van der Waals surface area contributed by atoms with E-state index in [0.29, 0.717) is 0 Å². The molecule has 3 heteroatoms. The monoisotopic (exact) mass is 103 g/mol. The van der Waals surface area contributed by atoms with E-state index in [4.69, 9.17) is 11.6 Å². The van der Waals surface area contributed by atoms with Gasteiger partial charge in [-0.3, -0.25) is 0 Å². The van der Waals surface area contributed by atoms with Crippen LogP contribution in [0, 0.1) is 12.3 Å². The van der Waals surface area contributed by atoms with E-state index in [1.54, 1.807) is 0 Å². The van der Waals surface area contributed by atoms with E-state index < -0.39 is 11.4 Å². The van der Waals surface area contributed by atoms with Crippen LogP contribution in [-0.2, 0) is 11.4 Å². The molecule has 0 aromatic rings. The van der Waals surface area contributed by atoms with Crippen LogP contribution < -0.4 is 5.14 Å². The lowest BCUT2D eigenvalue weighted by atomic mass is 10.8. The van der Waals surface area contributed by atoms with Gasteiger partial charge in [0.15, 0.2) is 5.75 Å². The van der Waals surface area contributed by atoms with Crippen molar-refractivity contribution in [1.29, 1.82) is 0 Å². The zero-order valence-electron chi connectivity index (χ0n) is 3.18. The molecule has 0 aliphatic heterocycles. The van der Waals surface area contributed by atoms with E-state index in [-0.39, 0.29) is 5.75 Å². The number of hydrogen-bond acceptors (Lipinski definition) is 2. The second kappa shape index (κ2) is 3.04. The smallest absolute Gasteiger partial charge is 0.184 e. The van der Waals surface area contributed by atoms with Gasteiger partial charge < -0.3 is 4.55 Å². The van der Waals surface area contributed by atoms with Gasteiger partial charge in [0.2, 0.25) is 0 Å². The Morgan fingerprint density at radius 1 is 2.00 bits per heavy atom. The van der Waals surface area contributed by atoms with Crippen LogP contribution in [0.4, 0.5) is 0 Å². The first kappa shape index (κ1) is 5.83. The summed E-state index contributed by atoms with van der Waals surface area (Å²) in [5.74, 6) is 2.29. The van der Waals surface area contributed by atoms with E-state index in [9.17, 15) is 4.55 Å². The van der Waals surface area contributed by atoms with Crippen LogP contribution in [0.2, 0.25) is 0 Å². The zero-order valence-corrected chi connectivity index (χ0v) is 3.99. The third-order valence-electron chi connectivity index (χ3n) is 0.226. The molecule has 2 N–H and O–H groups in total. The lowest BCUT2D eigenvalue weighted by Crippen LogP contribution is -2.14. The van der Waals surface area contributed by atoms with Gasteiger partial charge in [-0.25, -0.2) is 0 Å². The highest BCUT2D eigenvalue weighted by Gasteiger charge is 1.86. The minimum atomic E-state index is -1.30. The quantitative estimate of drug-likeness (QED) is 0.350. The predicted molar refractivity (Wildman–Crippen MR) is 26.0 cm³/mol. The average Bonchev–Trinajstić information content (AvgIpc) is 1.35. The predicted octanol–water partition coefficient (Wildman–Crippen LogP) is -0.758. The summed E-state index contributed by atoms with van der Waals surface area (Å²) in [6.45, 7) is 0. The van der Waals surface area contributed by atoms with E-state index in [1.807, 2.05) is 0 Å². The van der Waals surface area contributed by atoms with Gasteiger partial charge >= 0.3 is 0 Å². The zero-order chi connectivity index (χ0) is 4.99. The van der Waals surface area contributed by atoms with Gasteiger partial charge in [-0.05, 0) is 0 Å². The topological polar surface area (TPSA) is 49.1 Å². The molecular weight excluding hydrogens is 98.1 g/mol. The van der Waals surface area contributed by atoms with Crippen molar-refractivity contribution in [3.63, 3.8) is 0 Å². The average molecular weight is 103 g/mol. The minimum Gasteiger partial charge on any atom is -0.597 e. The van der Waals surface area contributed by atoms with Gasteiger partial charge in [-0.15, -0.1) is 6.42 Å². The van der Waals surface area contributed by atoms with Crippen molar-refractivity contribution >= 4 is 11.4 Å². The fourth-order valence-corrected chi connectivity index (χ4v) is 0.246. The molecule has 1 unspecified atom stereocenters. The number of rotatable bonds is 1. The molecule has 1 atom stereocenters. The number of nitrogens with two attached hydrogens (primary N) is 1. The van der Waals surface area contributed by atoms with E-state index in [2.05, 4.69) is 5.92 Å². The second-order valence-electron chi connectivity index (χ2n) is 0.729. The van der Waals surface area contributed by atoms with Crippen molar-refractivity contribution < 1.29 is 4.55 Å². The maximum atomic E-state index is 9.79. The Balaban J connectivity index is 2.88. The van der Waals surface area contributed by atoms with Gasteiger partial charge in [-0.2, -0.15) is 5.14 Å². The van der Waals surface area contributed by atoms with Crippen molar-refractivity contribution in [1.82, 2.24) is 0 Å². The molecule has 34 valence electrons. The molecular formula is C3H5NOS. The maximum absolute atomic E-state index is 9.79. The van der Waals surface area contributed by atoms with Crippen molar-refractivity contribution in [3.05, 3.63) is 0 Å². The molecule has 2 nitrogen and oxygen atoms in total. The van der Waals surface area contributed by atoms with Crippen LogP contribution in [0.1, 0.15) is 0 Å². The Labute approximate surface area is 40.0 Å². The number of hydrogen-bond donors (Lipinski definition) is 1. The summed E-state index contributed by atoms with van der Waals surface area (Å²) < 4.78 is 9.79. The molecule has 0 fully saturated rings. The molecule has 6 heavy (non-hydrogen) atoms. The highest BCUT2D eigenvalue weighted by atomic mass is 32.2. The second-order valence-corrected chi connectivity index (χ2v) is 1.78. The first-order valence-corrected chi connectivity index (χ1v) is 2.72. The summed E-state index contributed by atoms with van der Waals surface area (Å²) in [7, 11) is 0. The molecule has 0 saturated heterocycles. The molecule has 0 heterocycles. The summed E-state index contributed by atoms with van der Waals surface area (Å²) in [6, 6.07) is 0. The molecule has 0 amide bonds. The van der Waals surface area contributed by atoms with E-state index in [1.165, 1.54) is 0 Å². The third kappa shape index (κ3) is 3.83. The normalized spacial score (nSPS) is 12.8. The lowest BCUT2D eigenvalue weighted by molar-refractivity contribution is 0.600. The van der Waals surface area contributed by atoms with Crippen LogP contribution in [0.3, 0.4) is 0 Å². The van der Waals surface area contributed by atoms with Crippen molar-refractivity contribution in [2.75, 3.05) is 5.75 Å². The Kier molecular flexibility index (Phi) is 2.95. The summed E-state index contributed by atoms with van der Waals surface area (Å²) in [6.07, 6.45) is 4.71. The van der Waals surface area contributed by atoms with Gasteiger partial charge in [-0.1, -0.05) is 5.92 Å². The van der Waals surface area contributed by atoms with Crippen LogP contribution >= 0.6 is 0 Å². The fourth-order valence-electron chi connectivity index (χ4n) is 0.0821. The Morgan fingerprint density at radius 3 is 2.50 bits per heavy atom. The van der Waals surface area contributed by atoms with E-state index in [0.717, 1.165) is 0 Å². The fraction of sp³-hybridized carbons (Fsp3) is 0.333. The summed E-state index contributed by atoms with van der Waals surface area (Å²) in [5.41, 5.74) is 0. The van der Waals surface area contributed by atoms with Gasteiger partial charge in [0.05, 0.1) is 0 Å². The molecule has 0 aromatic heterocycles. The first-order chi connectivity index (χ1) is 2.77. The van der Waals surface area contributed by atoms with Crippen molar-refractivity contribution in [2.24, 2.45) is 5.14 Å². The van der Waals surface area contributed by atoms with Gasteiger partial charge in [0.1, 0.15) is 0 Å². The lowest BCUT2D eigenvalue weighted by Gasteiger charge is -1.93. The minimum absolute atomic E-state index is 0.153. The summed E-state index contributed by atoms with van der Waals surface area (Å²) in [4.78, 5) is 0. The highest BCUT2D eigenvalue weighted by Crippen LogP contribution is 1.69. The highest BCUT2D eigenvalue weighted by molar-refractivity contribution is 7.89. The standard InChI is InChI=1S/C3H5NOS/c1-2-3-6(4)5/h1H,3-4H2. The van der Waals surface area contributed by atoms with Crippen molar-refractivity contribution in [2.45, 2.75) is 0 Å². The molecule has 0 aromatic carbocycles. The van der Waals surface area contributed by atoms with Crippen LogP contribution in [0.25, 0.3) is 0 Å². The Hall–Kier alpha value is -0.170. The van der Waals surface area contributed by atoms with Crippen LogP contribution in [-0.4, -0.2) is 10.3 Å². The first-order valence-electron chi connectivity index (χ1n) is 1.33. The van der Waals surface area contributed by atoms with Gasteiger partial charge in [0.25, 0.3) is 0 Å². The van der Waals surface area contributed by atoms with Gasteiger partial charge in [0, 0.05) is 11.4 Å². The van der Waals surface area contributed by atoms with Crippen LogP contribution in [0.15, 0.2) is 0 Å². The van der Waals surface area contributed by atoms with Crippen LogP contribution in [0.5, 0.6) is 0 Å². The molecule has 0 bridgehead atoms. The molecule has 0 saturated carbocycles. The number of terminal acetylenes is 1. The third-order valence-corrected chi connectivity index (χ3v) is 0.677. The summed E-state index contributed by atoms with van der Waals surface area (Å²) >= 11 is -1.30. The maximum Gasteiger partial charge on any atom is 0.184 e. The van der Waals surface area contributed by atoms with Crippen molar-refractivity contribution in [3.8, 4) is 12.3 Å². The molecule has 0 aliphatic rings. The molecule has 0 spiro atoms. The molecule has 0 rings (SSSR count). The SMILES string of the molecule is C#CC[S+](N)[O-].